The third-order valence-corrected chi connectivity index (χ3v) is 2.15. The van der Waals surface area contributed by atoms with Gasteiger partial charge in [-0.1, -0.05) is 5.21 Å². The topological polar surface area (TPSA) is 40.5 Å². The largest absolute Gasteiger partial charge is 0.482 e. The molecule has 8 radical (unpaired) electrons. The summed E-state index contributed by atoms with van der Waals surface area (Å²) < 4.78 is 0. The van der Waals surface area contributed by atoms with Crippen molar-refractivity contribution < 1.29 is 9.90 Å². The predicted molar refractivity (Wildman–Crippen MR) is 63.6 cm³/mol. The van der Waals surface area contributed by atoms with Crippen LogP contribution >= 0.6 is 0 Å². The summed E-state index contributed by atoms with van der Waals surface area (Å²) in [7, 11) is 22.3. The lowest BCUT2D eigenvalue weighted by Gasteiger charge is -2.41. The first-order valence-electron chi connectivity index (χ1n) is 4.57. The van der Waals surface area contributed by atoms with Crippen molar-refractivity contribution in [2.75, 3.05) is 6.54 Å². The molecule has 1 atom stereocenters. The number of carbonyl (C=O) groups is 1. The van der Waals surface area contributed by atoms with Crippen molar-refractivity contribution in [3.05, 3.63) is 0 Å². The van der Waals surface area contributed by atoms with Gasteiger partial charge in [-0.3, -0.25) is 4.79 Å². The number of hydrogen-bond acceptors (Lipinski definition) is 2. The third-order valence-electron chi connectivity index (χ3n) is 2.15. The number of rotatable bonds is 4. The normalized spacial score (nSPS) is 15.2. The zero-order valence-corrected chi connectivity index (χ0v) is 9.40. The molecule has 74 valence electrons. The molecule has 0 bridgehead atoms. The molecule has 0 heterocycles. The van der Waals surface area contributed by atoms with Gasteiger partial charge >= 0.3 is 0 Å². The fourth-order valence-electron chi connectivity index (χ4n) is 0.860. The molecule has 7 heteroatoms. The minimum atomic E-state index is -1.56. The zero-order chi connectivity index (χ0) is 12.4. The van der Waals surface area contributed by atoms with Crippen molar-refractivity contribution in [3.63, 3.8) is 0 Å². The second kappa shape index (κ2) is 4.69. The maximum Gasteiger partial charge on any atom is 0.296 e. The van der Waals surface area contributed by atoms with Gasteiger partial charge in [-0.15, -0.1) is 0 Å². The van der Waals surface area contributed by atoms with Gasteiger partial charge in [0.1, 0.15) is 0 Å². The number of carboxylic acids is 1. The molecule has 0 aromatic carbocycles. The molecule has 0 saturated heterocycles. The van der Waals surface area contributed by atoms with E-state index in [0.29, 0.717) is 0 Å². The van der Waals surface area contributed by atoms with Crippen LogP contribution in [0.4, 0.5) is 0 Å². The first kappa shape index (κ1) is 14.7. The van der Waals surface area contributed by atoms with E-state index in [1.807, 2.05) is 20.8 Å². The van der Waals surface area contributed by atoms with E-state index in [1.165, 1.54) is 4.81 Å². The SMILES string of the molecule is [B]C(C(=O)O)C([B])([B])CN([B])C(C)(C)C. The van der Waals surface area contributed by atoms with E-state index in [9.17, 15) is 4.79 Å². The van der Waals surface area contributed by atoms with Gasteiger partial charge in [0.25, 0.3) is 5.97 Å². The summed E-state index contributed by atoms with van der Waals surface area (Å²) in [4.78, 5) is 12.0. The van der Waals surface area contributed by atoms with E-state index in [4.69, 9.17) is 36.6 Å². The molecule has 0 spiro atoms. The Morgan fingerprint density at radius 2 is 1.80 bits per heavy atom. The molecule has 0 amide bonds. The molecule has 3 nitrogen and oxygen atoms in total. The second-order valence-electron chi connectivity index (χ2n) is 4.73. The lowest BCUT2D eigenvalue weighted by atomic mass is 9.43. The molecule has 1 N–H and O–H groups in total. The van der Waals surface area contributed by atoms with E-state index in [2.05, 4.69) is 0 Å². The molecule has 1 unspecified atom stereocenters. The molecule has 0 rings (SSSR count). The Balaban J connectivity index is 4.57. The van der Waals surface area contributed by atoms with Crippen molar-refractivity contribution in [2.45, 2.75) is 37.3 Å². The summed E-state index contributed by atoms with van der Waals surface area (Å²) >= 11 is 0. The fourth-order valence-corrected chi connectivity index (χ4v) is 0.860. The highest BCUT2D eigenvalue weighted by molar-refractivity contribution is 6.47. The molecule has 0 aliphatic carbocycles. The number of carboxylic acid groups (broad SMARTS) is 1. The summed E-state index contributed by atoms with van der Waals surface area (Å²) in [6.07, 6.45) is 0. The molecule has 0 aliphatic rings. The van der Waals surface area contributed by atoms with Gasteiger partial charge in [-0.05, 0) is 27.3 Å². The maximum absolute atomic E-state index is 10.6. The van der Waals surface area contributed by atoms with Crippen LogP contribution in [0.15, 0.2) is 0 Å². The van der Waals surface area contributed by atoms with Gasteiger partial charge in [0.15, 0.2) is 7.98 Å². The number of hydrogen-bond donors (Lipinski definition) is 1. The molecule has 0 fully saturated rings. The van der Waals surface area contributed by atoms with Crippen LogP contribution < -0.4 is 0 Å². The molecule has 0 aromatic heterocycles. The van der Waals surface area contributed by atoms with Gasteiger partial charge in [-0.2, -0.15) is 0 Å². The van der Waals surface area contributed by atoms with Crippen LogP contribution in [0, 0.1) is 0 Å². The minimum absolute atomic E-state index is 0.00995. The highest BCUT2D eigenvalue weighted by atomic mass is 16.4. The second-order valence-corrected chi connectivity index (χ2v) is 4.73. The van der Waals surface area contributed by atoms with Crippen LogP contribution in [0.1, 0.15) is 20.8 Å². The first-order chi connectivity index (χ1) is 6.48. The zero-order valence-electron chi connectivity index (χ0n) is 9.40. The summed E-state index contributed by atoms with van der Waals surface area (Å²) in [5, 5.41) is 7.13. The van der Waals surface area contributed by atoms with E-state index >= 15 is 0 Å². The number of aliphatic carboxylic acids is 1. The van der Waals surface area contributed by atoms with Crippen molar-refractivity contribution in [3.8, 4) is 0 Å². The van der Waals surface area contributed by atoms with E-state index in [-0.39, 0.29) is 12.1 Å². The van der Waals surface area contributed by atoms with E-state index < -0.39 is 17.0 Å². The van der Waals surface area contributed by atoms with E-state index in [1.54, 1.807) is 0 Å². The quantitative estimate of drug-likeness (QED) is 0.629. The van der Waals surface area contributed by atoms with Crippen LogP contribution in [-0.4, -0.2) is 59.5 Å². The van der Waals surface area contributed by atoms with Crippen molar-refractivity contribution in [1.29, 1.82) is 0 Å². The highest BCUT2D eigenvalue weighted by Crippen LogP contribution is 2.33. The monoisotopic (exact) mass is 199 g/mol. The number of nitrogens with zero attached hydrogens (tertiary/aromatic N) is 1. The molecule has 15 heavy (non-hydrogen) atoms. The van der Waals surface area contributed by atoms with Crippen LogP contribution in [0.5, 0.6) is 0 Å². The lowest BCUT2D eigenvalue weighted by Crippen LogP contribution is -2.46. The Labute approximate surface area is 96.6 Å². The van der Waals surface area contributed by atoms with E-state index in [0.717, 1.165) is 0 Å². The molecule has 0 saturated carbocycles. The highest BCUT2D eigenvalue weighted by Gasteiger charge is 2.32. The third kappa shape index (κ3) is 4.37. The Kier molecular flexibility index (Phi) is 4.59. The van der Waals surface area contributed by atoms with Gasteiger partial charge in [0.2, 0.25) is 0 Å². The fraction of sp³-hybridized carbons (Fsp3) is 0.875. The standard InChI is InChI=1S/C8H13B4NO2/c1-7(2,3)13(12)4-8(10,11)5(9)6(14)15/h5H,4H2,1-3H3,(H,14,15). The van der Waals surface area contributed by atoms with Crippen molar-refractivity contribution in [1.82, 2.24) is 4.81 Å². The summed E-state index contributed by atoms with van der Waals surface area (Å²) in [5.41, 5.74) is -0.359. The van der Waals surface area contributed by atoms with Crippen molar-refractivity contribution in [2.24, 2.45) is 0 Å². The smallest absolute Gasteiger partial charge is 0.296 e. The molecular formula is C8H13B4NO2. The van der Waals surface area contributed by atoms with Crippen molar-refractivity contribution >= 4 is 37.5 Å². The minimum Gasteiger partial charge on any atom is -0.482 e. The van der Waals surface area contributed by atoms with Crippen LogP contribution in [0.3, 0.4) is 0 Å². The first-order valence-corrected chi connectivity index (χ1v) is 4.57. The maximum atomic E-state index is 10.6. The summed E-state index contributed by atoms with van der Waals surface area (Å²) in [6.45, 7) is 5.56. The van der Waals surface area contributed by atoms with Gasteiger partial charge in [-0.25, -0.2) is 0 Å². The average molecular weight is 198 g/mol. The van der Waals surface area contributed by atoms with Crippen LogP contribution in [0.25, 0.3) is 0 Å². The van der Waals surface area contributed by atoms with Gasteiger partial charge in [0.05, 0.1) is 23.5 Å². The Hall–Kier alpha value is -0.310. The Bertz CT molecular complexity index is 239. The molecule has 0 aliphatic heterocycles. The predicted octanol–water partition coefficient (Wildman–Crippen LogP) is -0.335. The molecular weight excluding hydrogens is 185 g/mol. The van der Waals surface area contributed by atoms with Gasteiger partial charge in [0, 0.05) is 11.4 Å². The summed E-state index contributed by atoms with van der Waals surface area (Å²) in [5.74, 6) is -2.60. The average Bonchev–Trinajstić information content (AvgIpc) is 2.00. The lowest BCUT2D eigenvalue weighted by molar-refractivity contribution is -0.137. The Morgan fingerprint density at radius 1 is 1.40 bits per heavy atom. The van der Waals surface area contributed by atoms with Gasteiger partial charge < -0.3 is 9.92 Å². The van der Waals surface area contributed by atoms with Crippen LogP contribution in [0.2, 0.25) is 11.0 Å². The van der Waals surface area contributed by atoms with Crippen LogP contribution in [-0.2, 0) is 4.79 Å². The summed E-state index contributed by atoms with van der Waals surface area (Å²) in [6, 6.07) is 0. The molecule has 0 aromatic rings. The Morgan fingerprint density at radius 3 is 2.07 bits per heavy atom.